The van der Waals surface area contributed by atoms with Crippen LogP contribution in [0.15, 0.2) is 47.7 Å². The van der Waals surface area contributed by atoms with Crippen molar-refractivity contribution in [3.05, 3.63) is 75.5 Å². The molecule has 0 spiro atoms. The standard InChI is InChI=1S/C25H30N2O4/c1-7-30-24(28)22-20(14-31-21-10-8-9-16(3)18(21)5)27(6)25(29)26-23(22)19-13-15(2)11-12-17(19)4/h8-13,23H,7,14H2,1-6H3,(H,26,29)/t23-/m0/s1. The predicted molar refractivity (Wildman–Crippen MR) is 120 cm³/mol. The van der Waals surface area contributed by atoms with E-state index in [0.717, 1.165) is 33.6 Å². The van der Waals surface area contributed by atoms with Crippen molar-refractivity contribution < 1.29 is 19.1 Å². The van der Waals surface area contributed by atoms with Crippen LogP contribution in [-0.2, 0) is 9.53 Å². The highest BCUT2D eigenvalue weighted by Gasteiger charge is 2.37. The summed E-state index contributed by atoms with van der Waals surface area (Å²) < 4.78 is 11.5. The van der Waals surface area contributed by atoms with Gasteiger partial charge >= 0.3 is 12.0 Å². The first-order valence-electron chi connectivity index (χ1n) is 10.4. The lowest BCUT2D eigenvalue weighted by Crippen LogP contribution is -2.48. The van der Waals surface area contributed by atoms with Crippen LogP contribution < -0.4 is 10.1 Å². The largest absolute Gasteiger partial charge is 0.487 e. The highest BCUT2D eigenvalue weighted by molar-refractivity contribution is 5.95. The highest BCUT2D eigenvalue weighted by Crippen LogP contribution is 2.33. The number of benzene rings is 2. The van der Waals surface area contributed by atoms with Crippen LogP contribution >= 0.6 is 0 Å². The molecule has 6 heteroatoms. The van der Waals surface area contributed by atoms with E-state index in [4.69, 9.17) is 9.47 Å². The Morgan fingerprint density at radius 1 is 1.10 bits per heavy atom. The maximum atomic E-state index is 13.1. The molecule has 2 aromatic rings. The molecule has 0 bridgehead atoms. The minimum Gasteiger partial charge on any atom is -0.487 e. The first-order chi connectivity index (χ1) is 14.7. The molecule has 2 amide bonds. The number of hydrogen-bond acceptors (Lipinski definition) is 4. The minimum absolute atomic E-state index is 0.0731. The second kappa shape index (κ2) is 9.25. The lowest BCUT2D eigenvalue weighted by atomic mass is 9.90. The molecule has 0 saturated heterocycles. The Kier molecular flexibility index (Phi) is 6.68. The Morgan fingerprint density at radius 2 is 1.84 bits per heavy atom. The van der Waals surface area contributed by atoms with Crippen molar-refractivity contribution in [2.24, 2.45) is 0 Å². The summed E-state index contributed by atoms with van der Waals surface area (Å²) in [5, 5.41) is 2.96. The maximum Gasteiger partial charge on any atom is 0.338 e. The monoisotopic (exact) mass is 422 g/mol. The number of hydrogen-bond donors (Lipinski definition) is 1. The number of likely N-dealkylation sites (N-methyl/N-ethyl adjacent to an activating group) is 1. The number of ether oxygens (including phenoxy) is 2. The SMILES string of the molecule is CCOC(=O)C1=C(COc2cccc(C)c2C)N(C)C(=O)N[C@H]1c1cc(C)ccc1C. The number of esters is 1. The second-order valence-electron chi connectivity index (χ2n) is 7.87. The zero-order valence-corrected chi connectivity index (χ0v) is 19.0. The molecule has 0 saturated carbocycles. The van der Waals surface area contributed by atoms with Crippen LogP contribution in [0.1, 0.15) is 40.8 Å². The van der Waals surface area contributed by atoms with E-state index in [-0.39, 0.29) is 19.2 Å². The van der Waals surface area contributed by atoms with E-state index < -0.39 is 12.0 Å². The molecule has 6 nitrogen and oxygen atoms in total. The summed E-state index contributed by atoms with van der Waals surface area (Å²) in [6.45, 7) is 10.0. The Labute approximate surface area is 183 Å². The second-order valence-corrected chi connectivity index (χ2v) is 7.87. The van der Waals surface area contributed by atoms with Crippen LogP contribution in [0, 0.1) is 27.7 Å². The van der Waals surface area contributed by atoms with Crippen LogP contribution in [0.25, 0.3) is 0 Å². The van der Waals surface area contributed by atoms with E-state index in [1.165, 1.54) is 4.90 Å². The van der Waals surface area contributed by atoms with E-state index in [9.17, 15) is 9.59 Å². The average Bonchev–Trinajstić information content (AvgIpc) is 2.73. The summed E-state index contributed by atoms with van der Waals surface area (Å²) in [4.78, 5) is 27.3. The molecule has 3 rings (SSSR count). The van der Waals surface area contributed by atoms with Crippen molar-refractivity contribution in [3.63, 3.8) is 0 Å². The molecule has 1 atom stereocenters. The quantitative estimate of drug-likeness (QED) is 0.696. The summed E-state index contributed by atoms with van der Waals surface area (Å²) >= 11 is 0. The molecule has 164 valence electrons. The molecule has 0 radical (unpaired) electrons. The molecule has 1 aliphatic heterocycles. The fourth-order valence-electron chi connectivity index (χ4n) is 3.71. The van der Waals surface area contributed by atoms with Gasteiger partial charge in [-0.1, -0.05) is 35.9 Å². The van der Waals surface area contributed by atoms with Crippen LogP contribution in [0.4, 0.5) is 4.79 Å². The van der Waals surface area contributed by atoms with Gasteiger partial charge in [-0.05, 0) is 62.9 Å². The zero-order chi connectivity index (χ0) is 22.7. The van der Waals surface area contributed by atoms with Gasteiger partial charge in [0.1, 0.15) is 12.4 Å². The van der Waals surface area contributed by atoms with Gasteiger partial charge < -0.3 is 14.8 Å². The van der Waals surface area contributed by atoms with Gasteiger partial charge in [-0.2, -0.15) is 0 Å². The molecule has 0 unspecified atom stereocenters. The van der Waals surface area contributed by atoms with Crippen molar-refractivity contribution in [2.45, 2.75) is 40.7 Å². The number of urea groups is 1. The molecule has 0 aromatic heterocycles. The van der Waals surface area contributed by atoms with Crippen molar-refractivity contribution >= 4 is 12.0 Å². The molecule has 1 heterocycles. The number of rotatable bonds is 6. The number of amides is 2. The predicted octanol–water partition coefficient (Wildman–Crippen LogP) is 4.51. The zero-order valence-electron chi connectivity index (χ0n) is 19.0. The molecule has 2 aromatic carbocycles. The van der Waals surface area contributed by atoms with E-state index in [1.54, 1.807) is 14.0 Å². The van der Waals surface area contributed by atoms with Crippen molar-refractivity contribution in [1.82, 2.24) is 10.2 Å². The number of nitrogens with one attached hydrogen (secondary N) is 1. The van der Waals surface area contributed by atoms with Gasteiger partial charge in [0, 0.05) is 7.05 Å². The molecule has 0 fully saturated rings. The maximum absolute atomic E-state index is 13.1. The Hall–Kier alpha value is -3.28. The van der Waals surface area contributed by atoms with Crippen LogP contribution in [0.2, 0.25) is 0 Å². The number of carbonyl (C=O) groups is 2. The molecule has 1 aliphatic rings. The normalized spacial score (nSPS) is 16.3. The van der Waals surface area contributed by atoms with Gasteiger partial charge in [-0.25, -0.2) is 9.59 Å². The summed E-state index contributed by atoms with van der Waals surface area (Å²) in [5.41, 5.74) is 5.92. The molecule has 1 N–H and O–H groups in total. The van der Waals surface area contributed by atoms with Gasteiger partial charge in [0.15, 0.2) is 0 Å². The van der Waals surface area contributed by atoms with Gasteiger partial charge in [0.25, 0.3) is 0 Å². The number of aryl methyl sites for hydroxylation is 3. The summed E-state index contributed by atoms with van der Waals surface area (Å²) in [6.07, 6.45) is 0. The third-order valence-electron chi connectivity index (χ3n) is 5.74. The van der Waals surface area contributed by atoms with Gasteiger partial charge in [-0.15, -0.1) is 0 Å². The summed E-state index contributed by atoms with van der Waals surface area (Å²) in [5.74, 6) is 0.262. The number of nitrogens with zero attached hydrogens (tertiary/aromatic N) is 1. The third-order valence-corrected chi connectivity index (χ3v) is 5.74. The minimum atomic E-state index is -0.611. The molecule has 0 aliphatic carbocycles. The summed E-state index contributed by atoms with van der Waals surface area (Å²) in [7, 11) is 1.63. The van der Waals surface area contributed by atoms with Crippen LogP contribution in [0.5, 0.6) is 5.75 Å². The number of carbonyl (C=O) groups excluding carboxylic acids is 2. The Balaban J connectivity index is 2.10. The van der Waals surface area contributed by atoms with Crippen molar-refractivity contribution in [1.29, 1.82) is 0 Å². The fourth-order valence-corrected chi connectivity index (χ4v) is 3.71. The van der Waals surface area contributed by atoms with Crippen LogP contribution in [-0.4, -0.2) is 37.2 Å². The van der Waals surface area contributed by atoms with E-state index in [1.807, 2.05) is 64.1 Å². The van der Waals surface area contributed by atoms with Crippen LogP contribution in [0.3, 0.4) is 0 Å². The Morgan fingerprint density at radius 3 is 2.55 bits per heavy atom. The van der Waals surface area contributed by atoms with E-state index >= 15 is 0 Å². The van der Waals surface area contributed by atoms with Gasteiger partial charge in [0.2, 0.25) is 0 Å². The average molecular weight is 423 g/mol. The van der Waals surface area contributed by atoms with Gasteiger partial charge in [0.05, 0.1) is 23.9 Å². The molecular weight excluding hydrogens is 392 g/mol. The smallest absolute Gasteiger partial charge is 0.338 e. The lowest BCUT2D eigenvalue weighted by Gasteiger charge is -2.35. The molecular formula is C25H30N2O4. The highest BCUT2D eigenvalue weighted by atomic mass is 16.5. The lowest BCUT2D eigenvalue weighted by molar-refractivity contribution is -0.139. The van der Waals surface area contributed by atoms with E-state index in [2.05, 4.69) is 5.32 Å². The first-order valence-corrected chi connectivity index (χ1v) is 10.4. The van der Waals surface area contributed by atoms with Gasteiger partial charge in [-0.3, -0.25) is 4.90 Å². The topological polar surface area (TPSA) is 67.9 Å². The molecule has 31 heavy (non-hydrogen) atoms. The summed E-state index contributed by atoms with van der Waals surface area (Å²) in [6, 6.07) is 10.9. The Bertz CT molecular complexity index is 1040. The van der Waals surface area contributed by atoms with E-state index in [0.29, 0.717) is 11.3 Å². The first kappa shape index (κ1) is 22.4. The third kappa shape index (κ3) is 4.58. The fraction of sp³-hybridized carbons (Fsp3) is 0.360. The van der Waals surface area contributed by atoms with Crippen molar-refractivity contribution in [3.8, 4) is 5.75 Å². The van der Waals surface area contributed by atoms with Crippen molar-refractivity contribution in [2.75, 3.05) is 20.3 Å².